The van der Waals surface area contributed by atoms with E-state index in [-0.39, 0.29) is 6.61 Å². The second kappa shape index (κ2) is 10.5. The van der Waals surface area contributed by atoms with Crippen LogP contribution in [0.3, 0.4) is 0 Å². The second-order valence-corrected chi connectivity index (χ2v) is 9.35. The molecule has 182 valence electrons. The predicted octanol–water partition coefficient (Wildman–Crippen LogP) is 6.02. The number of methoxy groups -OCH3 is 1. The first-order chi connectivity index (χ1) is 17.2. The van der Waals surface area contributed by atoms with Crippen LogP contribution in [-0.2, 0) is 0 Å². The molecule has 0 atom stereocenters. The van der Waals surface area contributed by atoms with Crippen molar-refractivity contribution in [1.29, 1.82) is 0 Å². The van der Waals surface area contributed by atoms with E-state index in [0.29, 0.717) is 22.6 Å². The van der Waals surface area contributed by atoms with Gasteiger partial charge in [0.05, 0.1) is 29.7 Å². The number of rotatable bonds is 8. The number of para-hydroxylation sites is 1. The van der Waals surface area contributed by atoms with Crippen molar-refractivity contribution in [3.05, 3.63) is 59.9 Å². The van der Waals surface area contributed by atoms with E-state index in [9.17, 15) is 0 Å². The van der Waals surface area contributed by atoms with Gasteiger partial charge in [0.1, 0.15) is 5.75 Å². The van der Waals surface area contributed by atoms with Gasteiger partial charge in [0.15, 0.2) is 0 Å². The summed E-state index contributed by atoms with van der Waals surface area (Å²) in [6, 6.07) is 14.2. The molecular weight excluding hydrogens is 462 g/mol. The number of anilines is 3. The van der Waals surface area contributed by atoms with Crippen LogP contribution in [0.25, 0.3) is 22.2 Å². The molecule has 3 N–H and O–H groups in total. The molecule has 1 fully saturated rings. The van der Waals surface area contributed by atoms with Crippen LogP contribution >= 0.6 is 11.6 Å². The fourth-order valence-electron chi connectivity index (χ4n) is 4.84. The zero-order valence-electron chi connectivity index (χ0n) is 19.8. The van der Waals surface area contributed by atoms with Crippen molar-refractivity contribution < 1.29 is 9.84 Å². The topological polar surface area (TPSA) is 86.3 Å². The molecule has 0 radical (unpaired) electrons. The van der Waals surface area contributed by atoms with Crippen molar-refractivity contribution in [2.75, 3.05) is 37.0 Å². The molecule has 2 aromatic heterocycles. The number of benzene rings is 2. The molecule has 0 bridgehead atoms. The van der Waals surface area contributed by atoms with Gasteiger partial charge in [-0.15, -0.1) is 0 Å². The maximum atomic E-state index is 9.09. The van der Waals surface area contributed by atoms with Crippen LogP contribution in [0.5, 0.6) is 5.75 Å². The van der Waals surface area contributed by atoms with Gasteiger partial charge in [-0.3, -0.25) is 0 Å². The number of aliphatic hydroxyl groups is 1. The van der Waals surface area contributed by atoms with Crippen LogP contribution in [0.4, 0.5) is 17.3 Å². The number of H-pyrrole nitrogens is 1. The normalized spacial score (nSPS) is 14.4. The fraction of sp³-hybridized carbons (Fsp3) is 0.333. The maximum absolute atomic E-state index is 9.09. The zero-order chi connectivity index (χ0) is 24.2. The second-order valence-electron chi connectivity index (χ2n) is 8.94. The van der Waals surface area contributed by atoms with Gasteiger partial charge in [0.25, 0.3) is 0 Å². The largest absolute Gasteiger partial charge is 0.494 e. The highest BCUT2D eigenvalue weighted by molar-refractivity contribution is 6.33. The lowest BCUT2D eigenvalue weighted by molar-refractivity contribution is 0.261. The summed E-state index contributed by atoms with van der Waals surface area (Å²) < 4.78 is 5.70. The Balaban J connectivity index is 1.35. The molecule has 7 nitrogen and oxygen atoms in total. The van der Waals surface area contributed by atoms with Crippen LogP contribution < -0.4 is 15.0 Å². The van der Waals surface area contributed by atoms with Crippen LogP contribution in [0, 0.1) is 5.92 Å². The number of halogens is 1. The van der Waals surface area contributed by atoms with Crippen molar-refractivity contribution in [2.45, 2.75) is 25.7 Å². The summed E-state index contributed by atoms with van der Waals surface area (Å²) >= 11 is 6.49. The summed E-state index contributed by atoms with van der Waals surface area (Å²) in [5, 5.41) is 13.9. The van der Waals surface area contributed by atoms with Crippen LogP contribution in [-0.4, -0.2) is 46.9 Å². The van der Waals surface area contributed by atoms with E-state index in [0.717, 1.165) is 72.4 Å². The Hall–Kier alpha value is -3.29. The lowest BCUT2D eigenvalue weighted by Gasteiger charge is -2.34. The van der Waals surface area contributed by atoms with Gasteiger partial charge >= 0.3 is 0 Å². The molecule has 0 spiro atoms. The quantitative estimate of drug-likeness (QED) is 0.279. The molecule has 3 heterocycles. The SMILES string of the molecule is COc1cc(N2CCC(CCCO)CC2)ccc1Nc1ncc(Cl)c(-c2c[nH]c3ccccc23)n1. The van der Waals surface area contributed by atoms with Crippen molar-refractivity contribution in [3.63, 3.8) is 0 Å². The van der Waals surface area contributed by atoms with Crippen molar-refractivity contribution >= 4 is 39.8 Å². The summed E-state index contributed by atoms with van der Waals surface area (Å²) in [5.41, 5.74) is 4.56. The standard InChI is InChI=1S/C27H30ClN5O2/c1-35-25-15-19(33-12-10-18(11-13-33)5-4-14-34)8-9-24(25)31-27-30-17-22(28)26(32-27)21-16-29-23-7-3-2-6-20(21)23/h2-3,6-9,15-18,29,34H,4-5,10-14H2,1H3,(H,30,31,32). The highest BCUT2D eigenvalue weighted by Gasteiger charge is 2.20. The number of fused-ring (bicyclic) bond motifs is 1. The van der Waals surface area contributed by atoms with Gasteiger partial charge in [-0.05, 0) is 49.8 Å². The Kier molecular flexibility index (Phi) is 7.06. The lowest BCUT2D eigenvalue weighted by atomic mass is 9.92. The minimum Gasteiger partial charge on any atom is -0.494 e. The number of aromatic amines is 1. The zero-order valence-corrected chi connectivity index (χ0v) is 20.6. The molecule has 2 aromatic carbocycles. The number of hydrogen-bond donors (Lipinski definition) is 3. The molecule has 1 aliphatic rings. The van der Waals surface area contributed by atoms with Crippen molar-refractivity contribution in [1.82, 2.24) is 15.0 Å². The summed E-state index contributed by atoms with van der Waals surface area (Å²) in [4.78, 5) is 14.8. The highest BCUT2D eigenvalue weighted by atomic mass is 35.5. The molecular formula is C27H30ClN5O2. The number of hydrogen-bond acceptors (Lipinski definition) is 6. The predicted molar refractivity (Wildman–Crippen MR) is 142 cm³/mol. The third kappa shape index (κ3) is 5.06. The molecule has 35 heavy (non-hydrogen) atoms. The number of nitrogens with zero attached hydrogens (tertiary/aromatic N) is 3. The van der Waals surface area contributed by atoms with Crippen molar-refractivity contribution in [2.24, 2.45) is 5.92 Å². The number of aliphatic hydroxyl groups excluding tert-OH is 1. The minimum absolute atomic E-state index is 0.284. The number of piperidine rings is 1. The fourth-order valence-corrected chi connectivity index (χ4v) is 5.04. The van der Waals surface area contributed by atoms with Gasteiger partial charge in [-0.2, -0.15) is 0 Å². The van der Waals surface area contributed by atoms with Crippen LogP contribution in [0.1, 0.15) is 25.7 Å². The monoisotopic (exact) mass is 491 g/mol. The van der Waals surface area contributed by atoms with E-state index < -0.39 is 0 Å². The Morgan fingerprint density at radius 1 is 1.20 bits per heavy atom. The van der Waals surface area contributed by atoms with E-state index in [1.165, 1.54) is 0 Å². The molecule has 4 aromatic rings. The van der Waals surface area contributed by atoms with Gasteiger partial charge in [-0.25, -0.2) is 9.97 Å². The summed E-state index contributed by atoms with van der Waals surface area (Å²) in [6.45, 7) is 2.31. The third-order valence-electron chi connectivity index (χ3n) is 6.77. The summed E-state index contributed by atoms with van der Waals surface area (Å²) in [6.07, 6.45) is 7.85. The highest BCUT2D eigenvalue weighted by Crippen LogP contribution is 2.36. The van der Waals surface area contributed by atoms with Gasteiger partial charge in [0, 0.05) is 54.1 Å². The Morgan fingerprint density at radius 2 is 2.03 bits per heavy atom. The Bertz CT molecular complexity index is 1300. The maximum Gasteiger partial charge on any atom is 0.227 e. The number of ether oxygens (including phenoxy) is 1. The van der Waals surface area contributed by atoms with E-state index in [1.54, 1.807) is 13.3 Å². The smallest absolute Gasteiger partial charge is 0.227 e. The summed E-state index contributed by atoms with van der Waals surface area (Å²) in [7, 11) is 1.67. The first kappa shape index (κ1) is 23.5. The molecule has 5 rings (SSSR count). The Labute approximate surface area is 210 Å². The molecule has 0 amide bonds. The summed E-state index contributed by atoms with van der Waals surface area (Å²) in [5.74, 6) is 1.89. The van der Waals surface area contributed by atoms with E-state index in [2.05, 4.69) is 32.3 Å². The average Bonchev–Trinajstić information content (AvgIpc) is 3.33. The van der Waals surface area contributed by atoms with Gasteiger partial charge in [-0.1, -0.05) is 29.8 Å². The number of nitrogens with one attached hydrogen (secondary N) is 2. The van der Waals surface area contributed by atoms with Gasteiger partial charge < -0.3 is 25.0 Å². The van der Waals surface area contributed by atoms with Crippen LogP contribution in [0.15, 0.2) is 54.9 Å². The first-order valence-electron chi connectivity index (χ1n) is 12.1. The average molecular weight is 492 g/mol. The minimum atomic E-state index is 0.284. The number of aromatic nitrogens is 3. The molecule has 0 saturated carbocycles. The van der Waals surface area contributed by atoms with Gasteiger partial charge in [0.2, 0.25) is 5.95 Å². The van der Waals surface area contributed by atoms with E-state index in [1.807, 2.05) is 36.5 Å². The van der Waals surface area contributed by atoms with Crippen molar-refractivity contribution in [3.8, 4) is 17.0 Å². The third-order valence-corrected chi connectivity index (χ3v) is 7.05. The Morgan fingerprint density at radius 3 is 2.83 bits per heavy atom. The molecule has 1 saturated heterocycles. The molecule has 1 aliphatic heterocycles. The molecule has 0 aliphatic carbocycles. The van der Waals surface area contributed by atoms with E-state index >= 15 is 0 Å². The molecule has 8 heteroatoms. The lowest BCUT2D eigenvalue weighted by Crippen LogP contribution is -2.33. The molecule has 0 unspecified atom stereocenters. The first-order valence-corrected chi connectivity index (χ1v) is 12.4. The van der Waals surface area contributed by atoms with Crippen LogP contribution in [0.2, 0.25) is 5.02 Å². The van der Waals surface area contributed by atoms with E-state index in [4.69, 9.17) is 26.4 Å².